The first kappa shape index (κ1) is 15.7. The lowest BCUT2D eigenvalue weighted by Gasteiger charge is -2.05. The number of carbonyl (C=O) groups excluding carboxylic acids is 1. The van der Waals surface area contributed by atoms with Crippen LogP contribution in [-0.4, -0.2) is 20.7 Å². The molecule has 3 aromatic rings. The van der Waals surface area contributed by atoms with Crippen molar-refractivity contribution in [3.8, 4) is 5.13 Å². The van der Waals surface area contributed by atoms with Gasteiger partial charge in [-0.1, -0.05) is 35.1 Å². The first-order valence-corrected chi connectivity index (χ1v) is 8.22. The van der Waals surface area contributed by atoms with Crippen LogP contribution in [0.2, 0.25) is 5.02 Å². The Morgan fingerprint density at radius 3 is 2.65 bits per heavy atom. The standard InChI is InChI=1S/C16H15ClN4OS/c1-9-8-10(2)21(20-9)16-18-11(3)14(23-16)15(22)19-13-7-5-4-6-12(13)17/h4-8H,1-3H3,(H,19,22). The zero-order chi connectivity index (χ0) is 16.6. The highest BCUT2D eigenvalue weighted by Crippen LogP contribution is 2.26. The van der Waals surface area contributed by atoms with Crippen molar-refractivity contribution in [2.45, 2.75) is 20.8 Å². The van der Waals surface area contributed by atoms with Crippen molar-refractivity contribution in [1.82, 2.24) is 14.8 Å². The highest BCUT2D eigenvalue weighted by Gasteiger charge is 2.18. The lowest BCUT2D eigenvalue weighted by molar-refractivity contribution is 0.103. The molecule has 2 aromatic heterocycles. The van der Waals surface area contributed by atoms with Crippen LogP contribution in [0.5, 0.6) is 0 Å². The second-order valence-corrected chi connectivity index (χ2v) is 6.57. The summed E-state index contributed by atoms with van der Waals surface area (Å²) in [5, 5.41) is 8.41. The monoisotopic (exact) mass is 346 g/mol. The maximum atomic E-state index is 12.5. The molecule has 0 aliphatic carbocycles. The van der Waals surface area contributed by atoms with Gasteiger partial charge in [0.2, 0.25) is 5.13 Å². The minimum absolute atomic E-state index is 0.221. The van der Waals surface area contributed by atoms with E-state index in [1.54, 1.807) is 16.8 Å². The van der Waals surface area contributed by atoms with Gasteiger partial charge >= 0.3 is 0 Å². The zero-order valence-electron chi connectivity index (χ0n) is 12.9. The molecule has 0 radical (unpaired) electrons. The van der Waals surface area contributed by atoms with E-state index < -0.39 is 0 Å². The van der Waals surface area contributed by atoms with E-state index in [0.29, 0.717) is 26.4 Å². The van der Waals surface area contributed by atoms with Crippen molar-refractivity contribution in [3.05, 3.63) is 57.3 Å². The summed E-state index contributed by atoms with van der Waals surface area (Å²) < 4.78 is 1.75. The maximum Gasteiger partial charge on any atom is 0.267 e. The quantitative estimate of drug-likeness (QED) is 0.774. The van der Waals surface area contributed by atoms with Gasteiger partial charge in [-0.25, -0.2) is 9.67 Å². The van der Waals surface area contributed by atoms with Crippen LogP contribution in [0, 0.1) is 20.8 Å². The lowest BCUT2D eigenvalue weighted by Crippen LogP contribution is -2.11. The van der Waals surface area contributed by atoms with Crippen molar-refractivity contribution in [3.63, 3.8) is 0 Å². The van der Waals surface area contributed by atoms with E-state index in [1.807, 2.05) is 39.0 Å². The Kier molecular flexibility index (Phi) is 4.19. The molecule has 23 heavy (non-hydrogen) atoms. The molecule has 0 atom stereocenters. The summed E-state index contributed by atoms with van der Waals surface area (Å²) in [7, 11) is 0. The molecule has 5 nitrogen and oxygen atoms in total. The summed E-state index contributed by atoms with van der Waals surface area (Å²) in [6.45, 7) is 5.70. The van der Waals surface area contributed by atoms with E-state index in [1.165, 1.54) is 11.3 Å². The summed E-state index contributed by atoms with van der Waals surface area (Å²) in [6.07, 6.45) is 0. The Hall–Kier alpha value is -2.18. The van der Waals surface area contributed by atoms with Crippen LogP contribution < -0.4 is 5.32 Å². The Morgan fingerprint density at radius 1 is 1.26 bits per heavy atom. The number of anilines is 1. The largest absolute Gasteiger partial charge is 0.320 e. The molecular weight excluding hydrogens is 332 g/mol. The molecule has 1 aromatic carbocycles. The fraction of sp³-hybridized carbons (Fsp3) is 0.188. The number of aromatic nitrogens is 3. The number of aryl methyl sites for hydroxylation is 3. The number of carbonyl (C=O) groups is 1. The Morgan fingerprint density at radius 2 is 2.00 bits per heavy atom. The molecule has 1 N–H and O–H groups in total. The third kappa shape index (κ3) is 3.13. The van der Waals surface area contributed by atoms with Crippen molar-refractivity contribution in [1.29, 1.82) is 0 Å². The number of benzene rings is 1. The minimum Gasteiger partial charge on any atom is -0.320 e. The molecule has 0 fully saturated rings. The third-order valence-electron chi connectivity index (χ3n) is 3.30. The number of hydrogen-bond donors (Lipinski definition) is 1. The third-order valence-corrected chi connectivity index (χ3v) is 4.77. The zero-order valence-corrected chi connectivity index (χ0v) is 14.5. The number of amides is 1. The van der Waals surface area contributed by atoms with Gasteiger partial charge in [-0.15, -0.1) is 0 Å². The lowest BCUT2D eigenvalue weighted by atomic mass is 10.3. The summed E-state index contributed by atoms with van der Waals surface area (Å²) in [4.78, 5) is 17.5. The van der Waals surface area contributed by atoms with Gasteiger partial charge in [-0.2, -0.15) is 5.10 Å². The van der Waals surface area contributed by atoms with Crippen LogP contribution >= 0.6 is 22.9 Å². The highest BCUT2D eigenvalue weighted by molar-refractivity contribution is 7.16. The molecule has 0 aliphatic heterocycles. The van der Waals surface area contributed by atoms with Crippen LogP contribution in [0.15, 0.2) is 30.3 Å². The first-order chi connectivity index (χ1) is 11.0. The molecule has 0 saturated heterocycles. The van der Waals surface area contributed by atoms with Gasteiger partial charge in [0.15, 0.2) is 0 Å². The van der Waals surface area contributed by atoms with Crippen molar-refractivity contribution in [2.24, 2.45) is 0 Å². The van der Waals surface area contributed by atoms with Gasteiger partial charge in [-0.3, -0.25) is 4.79 Å². The number of hydrogen-bond acceptors (Lipinski definition) is 4. The predicted octanol–water partition coefficient (Wildman–Crippen LogP) is 4.16. The van der Waals surface area contributed by atoms with Gasteiger partial charge in [0.1, 0.15) is 4.88 Å². The van der Waals surface area contributed by atoms with Crippen LogP contribution in [0.4, 0.5) is 5.69 Å². The van der Waals surface area contributed by atoms with Gasteiger partial charge < -0.3 is 5.32 Å². The van der Waals surface area contributed by atoms with E-state index in [4.69, 9.17) is 11.6 Å². The highest BCUT2D eigenvalue weighted by atomic mass is 35.5. The first-order valence-electron chi connectivity index (χ1n) is 7.02. The topological polar surface area (TPSA) is 59.8 Å². The fourth-order valence-corrected chi connectivity index (χ4v) is 3.40. The van der Waals surface area contributed by atoms with E-state index in [-0.39, 0.29) is 5.91 Å². The second kappa shape index (κ2) is 6.14. The molecule has 0 unspecified atom stereocenters. The molecule has 3 rings (SSSR count). The molecule has 0 saturated carbocycles. The van der Waals surface area contributed by atoms with Crippen LogP contribution in [-0.2, 0) is 0 Å². The van der Waals surface area contributed by atoms with E-state index in [9.17, 15) is 4.79 Å². The summed E-state index contributed by atoms with van der Waals surface area (Å²) >= 11 is 7.39. The average molecular weight is 347 g/mol. The maximum absolute atomic E-state index is 12.5. The van der Waals surface area contributed by atoms with Gasteiger partial charge in [-0.05, 0) is 39.0 Å². The van der Waals surface area contributed by atoms with Crippen molar-refractivity contribution in [2.75, 3.05) is 5.32 Å². The second-order valence-electron chi connectivity index (χ2n) is 5.18. The van der Waals surface area contributed by atoms with Crippen molar-refractivity contribution >= 4 is 34.5 Å². The van der Waals surface area contributed by atoms with Crippen molar-refractivity contribution < 1.29 is 4.79 Å². The van der Waals surface area contributed by atoms with E-state index in [0.717, 1.165) is 11.4 Å². The molecule has 2 heterocycles. The van der Waals surface area contributed by atoms with Gasteiger partial charge in [0, 0.05) is 5.69 Å². The SMILES string of the molecule is Cc1cc(C)n(-c2nc(C)c(C(=O)Nc3ccccc3Cl)s2)n1. The summed E-state index contributed by atoms with van der Waals surface area (Å²) in [6, 6.07) is 9.11. The van der Waals surface area contributed by atoms with Crippen LogP contribution in [0.25, 0.3) is 5.13 Å². The van der Waals surface area contributed by atoms with Gasteiger partial charge in [0.05, 0.1) is 22.1 Å². The molecule has 1 amide bonds. The Labute approximate surface area is 142 Å². The smallest absolute Gasteiger partial charge is 0.267 e. The number of para-hydroxylation sites is 1. The van der Waals surface area contributed by atoms with Crippen LogP contribution in [0.3, 0.4) is 0 Å². The average Bonchev–Trinajstić information content (AvgIpc) is 3.03. The molecule has 0 aliphatic rings. The number of nitrogens with zero attached hydrogens (tertiary/aromatic N) is 3. The minimum atomic E-state index is -0.221. The number of halogens is 1. The number of rotatable bonds is 3. The molecule has 118 valence electrons. The number of nitrogens with one attached hydrogen (secondary N) is 1. The van der Waals surface area contributed by atoms with Crippen LogP contribution in [0.1, 0.15) is 26.8 Å². The van der Waals surface area contributed by atoms with Gasteiger partial charge in [0.25, 0.3) is 5.91 Å². The normalized spacial score (nSPS) is 10.8. The predicted molar refractivity (Wildman–Crippen MR) is 92.9 cm³/mol. The molecule has 7 heteroatoms. The Balaban J connectivity index is 1.90. The van der Waals surface area contributed by atoms with E-state index >= 15 is 0 Å². The Bertz CT molecular complexity index is 884. The fourth-order valence-electron chi connectivity index (χ4n) is 2.25. The summed E-state index contributed by atoms with van der Waals surface area (Å²) in [5.74, 6) is -0.221. The summed E-state index contributed by atoms with van der Waals surface area (Å²) in [5.41, 5.74) is 3.15. The number of thiazole rings is 1. The van der Waals surface area contributed by atoms with E-state index in [2.05, 4.69) is 15.4 Å². The molecule has 0 bridgehead atoms. The molecular formula is C16H15ClN4OS. The molecule has 0 spiro atoms.